The smallest absolute Gasteiger partial charge is 0.255 e. The molecule has 0 fully saturated rings. The van der Waals surface area contributed by atoms with Gasteiger partial charge in [-0.25, -0.2) is 0 Å². The average molecular weight is 258 g/mol. The van der Waals surface area contributed by atoms with Crippen LogP contribution >= 0.6 is 11.6 Å². The number of aryl methyl sites for hydroxylation is 2. The highest BCUT2D eigenvalue weighted by atomic mass is 35.5. The van der Waals surface area contributed by atoms with Crippen LogP contribution in [0.5, 0.6) is 0 Å². The third kappa shape index (κ3) is 3.50. The Morgan fingerprint density at radius 1 is 1.29 bits per heavy atom. The molecule has 3 nitrogen and oxygen atoms in total. The van der Waals surface area contributed by atoms with Gasteiger partial charge in [0, 0.05) is 17.0 Å². The summed E-state index contributed by atoms with van der Waals surface area (Å²) >= 11 is 5.90. The van der Waals surface area contributed by atoms with Crippen molar-refractivity contribution in [1.82, 2.24) is 5.32 Å². The minimum atomic E-state index is -0.0818. The molecule has 0 aliphatic rings. The molecule has 0 aliphatic heterocycles. The molecule has 0 saturated carbocycles. The summed E-state index contributed by atoms with van der Waals surface area (Å²) in [5, 5.41) is 2.99. The van der Waals surface area contributed by atoms with E-state index in [2.05, 4.69) is 5.32 Å². The topological polar surface area (TPSA) is 42.2 Å². The van der Waals surface area contributed by atoms with Gasteiger partial charge in [-0.2, -0.15) is 0 Å². The van der Waals surface area contributed by atoms with Crippen LogP contribution in [0.1, 0.15) is 47.7 Å². The van der Waals surface area contributed by atoms with E-state index in [0.717, 1.165) is 17.7 Å². The van der Waals surface area contributed by atoms with Gasteiger partial charge >= 0.3 is 0 Å². The molecule has 1 N–H and O–H groups in total. The summed E-state index contributed by atoms with van der Waals surface area (Å²) in [6, 6.07) is 0.0593. The van der Waals surface area contributed by atoms with E-state index in [4.69, 9.17) is 16.0 Å². The predicted octanol–water partition coefficient (Wildman–Crippen LogP) is 3.34. The van der Waals surface area contributed by atoms with Gasteiger partial charge < -0.3 is 9.73 Å². The van der Waals surface area contributed by atoms with Crippen molar-refractivity contribution in [3.63, 3.8) is 0 Å². The number of rotatable bonds is 4. The average Bonchev–Trinajstić information content (AvgIpc) is 2.39. The molecule has 0 bridgehead atoms. The Balaban J connectivity index is 2.76. The number of amides is 1. The molecule has 0 aliphatic carbocycles. The third-order valence-electron chi connectivity index (χ3n) is 2.84. The van der Waals surface area contributed by atoms with Gasteiger partial charge in [-0.1, -0.05) is 0 Å². The van der Waals surface area contributed by atoms with E-state index in [-0.39, 0.29) is 17.3 Å². The van der Waals surface area contributed by atoms with Crippen LogP contribution in [-0.2, 0) is 0 Å². The second-order valence-corrected chi connectivity index (χ2v) is 5.35. The van der Waals surface area contributed by atoms with Gasteiger partial charge in [-0.3, -0.25) is 4.79 Å². The number of hydrogen-bond acceptors (Lipinski definition) is 2. The minimum Gasteiger partial charge on any atom is -0.466 e. The highest BCUT2D eigenvalue weighted by Crippen LogP contribution is 2.20. The summed E-state index contributed by atoms with van der Waals surface area (Å²) in [5.41, 5.74) is 1.56. The Labute approximate surface area is 108 Å². The monoisotopic (exact) mass is 257 g/mol. The van der Waals surface area contributed by atoms with Gasteiger partial charge in [-0.15, -0.1) is 11.6 Å². The van der Waals surface area contributed by atoms with Crippen LogP contribution in [0, 0.1) is 20.8 Å². The molecule has 2 unspecified atom stereocenters. The zero-order valence-corrected chi connectivity index (χ0v) is 11.8. The van der Waals surface area contributed by atoms with Crippen molar-refractivity contribution in [1.29, 1.82) is 0 Å². The van der Waals surface area contributed by atoms with Crippen molar-refractivity contribution in [3.05, 3.63) is 22.6 Å². The third-order valence-corrected chi connectivity index (χ3v) is 3.02. The van der Waals surface area contributed by atoms with Crippen LogP contribution in [0.3, 0.4) is 0 Å². The summed E-state index contributed by atoms with van der Waals surface area (Å²) in [6.45, 7) is 9.44. The number of carbonyl (C=O) groups is 1. The van der Waals surface area contributed by atoms with Crippen LogP contribution in [0.25, 0.3) is 0 Å². The maximum absolute atomic E-state index is 12.1. The van der Waals surface area contributed by atoms with Crippen molar-refractivity contribution < 1.29 is 9.21 Å². The molecular formula is C13H20ClNO2. The Morgan fingerprint density at radius 3 is 2.29 bits per heavy atom. The fourth-order valence-corrected chi connectivity index (χ4v) is 2.24. The van der Waals surface area contributed by atoms with Crippen LogP contribution < -0.4 is 5.32 Å². The number of furan rings is 1. The van der Waals surface area contributed by atoms with Gasteiger partial charge in [0.15, 0.2) is 0 Å². The summed E-state index contributed by atoms with van der Waals surface area (Å²) < 4.78 is 5.44. The van der Waals surface area contributed by atoms with Crippen LogP contribution in [0.15, 0.2) is 4.42 Å². The van der Waals surface area contributed by atoms with Crippen molar-refractivity contribution in [2.75, 3.05) is 0 Å². The second kappa shape index (κ2) is 5.58. The lowest BCUT2D eigenvalue weighted by atomic mass is 10.1. The van der Waals surface area contributed by atoms with E-state index < -0.39 is 0 Å². The van der Waals surface area contributed by atoms with E-state index in [9.17, 15) is 4.79 Å². The summed E-state index contributed by atoms with van der Waals surface area (Å²) in [6.07, 6.45) is 0.752. The molecule has 1 amide bonds. The summed E-state index contributed by atoms with van der Waals surface area (Å²) in [5.74, 6) is 1.39. The lowest BCUT2D eigenvalue weighted by Gasteiger charge is -2.15. The molecule has 2 atom stereocenters. The SMILES string of the molecule is Cc1oc(C)c(C(=O)NC(C)CC(C)Cl)c1C. The first-order valence-corrected chi connectivity index (χ1v) is 6.28. The molecular weight excluding hydrogens is 238 g/mol. The quantitative estimate of drug-likeness (QED) is 0.841. The highest BCUT2D eigenvalue weighted by molar-refractivity contribution is 6.20. The van der Waals surface area contributed by atoms with E-state index in [0.29, 0.717) is 11.3 Å². The minimum absolute atomic E-state index is 0.0542. The van der Waals surface area contributed by atoms with Crippen LogP contribution in [0.2, 0.25) is 0 Å². The molecule has 0 saturated heterocycles. The van der Waals surface area contributed by atoms with Gasteiger partial charge in [0.05, 0.1) is 5.56 Å². The van der Waals surface area contributed by atoms with E-state index in [1.807, 2.05) is 34.6 Å². The van der Waals surface area contributed by atoms with E-state index in [1.165, 1.54) is 0 Å². The molecule has 96 valence electrons. The first-order valence-electron chi connectivity index (χ1n) is 5.84. The first kappa shape index (κ1) is 14.1. The number of alkyl halides is 1. The van der Waals surface area contributed by atoms with E-state index in [1.54, 1.807) is 0 Å². The Hall–Kier alpha value is -0.960. The van der Waals surface area contributed by atoms with Crippen molar-refractivity contribution in [2.45, 2.75) is 52.5 Å². The maximum Gasteiger partial charge on any atom is 0.255 e. The normalized spacial score (nSPS) is 14.5. The lowest BCUT2D eigenvalue weighted by Crippen LogP contribution is -2.34. The highest BCUT2D eigenvalue weighted by Gasteiger charge is 2.20. The van der Waals surface area contributed by atoms with E-state index >= 15 is 0 Å². The second-order valence-electron chi connectivity index (χ2n) is 4.61. The molecule has 1 rings (SSSR count). The molecule has 0 radical (unpaired) electrons. The maximum atomic E-state index is 12.1. The fraction of sp³-hybridized carbons (Fsp3) is 0.615. The van der Waals surface area contributed by atoms with Crippen molar-refractivity contribution >= 4 is 17.5 Å². The number of carbonyl (C=O) groups excluding carboxylic acids is 1. The molecule has 0 aromatic carbocycles. The van der Waals surface area contributed by atoms with Gasteiger partial charge in [-0.05, 0) is 41.0 Å². The Kier molecular flexibility index (Phi) is 4.63. The Morgan fingerprint density at radius 2 is 1.88 bits per heavy atom. The largest absolute Gasteiger partial charge is 0.466 e. The molecule has 1 aromatic heterocycles. The fourth-order valence-electron chi connectivity index (χ4n) is 1.97. The van der Waals surface area contributed by atoms with Gasteiger partial charge in [0.25, 0.3) is 5.91 Å². The zero-order chi connectivity index (χ0) is 13.2. The Bertz CT molecular complexity index is 410. The number of hydrogen-bond donors (Lipinski definition) is 1. The lowest BCUT2D eigenvalue weighted by molar-refractivity contribution is 0.0936. The summed E-state index contributed by atoms with van der Waals surface area (Å²) in [7, 11) is 0. The number of nitrogens with one attached hydrogen (secondary N) is 1. The predicted molar refractivity (Wildman–Crippen MR) is 69.8 cm³/mol. The standard InChI is InChI=1S/C13H20ClNO2/c1-7(14)6-8(2)15-13(16)12-9(3)10(4)17-11(12)5/h7-8H,6H2,1-5H3,(H,15,16). The number of halogens is 1. The van der Waals surface area contributed by atoms with Gasteiger partial charge in [0.2, 0.25) is 0 Å². The van der Waals surface area contributed by atoms with Gasteiger partial charge in [0.1, 0.15) is 11.5 Å². The molecule has 1 aromatic rings. The molecule has 4 heteroatoms. The molecule has 1 heterocycles. The zero-order valence-electron chi connectivity index (χ0n) is 11.1. The molecule has 0 spiro atoms. The van der Waals surface area contributed by atoms with Crippen molar-refractivity contribution in [2.24, 2.45) is 0 Å². The first-order chi connectivity index (χ1) is 7.82. The van der Waals surface area contributed by atoms with Crippen LogP contribution in [-0.4, -0.2) is 17.3 Å². The van der Waals surface area contributed by atoms with Crippen LogP contribution in [0.4, 0.5) is 0 Å². The summed E-state index contributed by atoms with van der Waals surface area (Å²) in [4.78, 5) is 12.1. The van der Waals surface area contributed by atoms with Crippen molar-refractivity contribution in [3.8, 4) is 0 Å². The molecule has 17 heavy (non-hydrogen) atoms.